The van der Waals surface area contributed by atoms with Crippen LogP contribution in [0.25, 0.3) is 0 Å². The highest BCUT2D eigenvalue weighted by molar-refractivity contribution is 5.86. The van der Waals surface area contributed by atoms with Gasteiger partial charge in [0, 0.05) is 6.42 Å². The number of carbonyl (C=O) groups excluding carboxylic acids is 1. The van der Waals surface area contributed by atoms with Crippen molar-refractivity contribution in [1.82, 2.24) is 0 Å². The van der Waals surface area contributed by atoms with E-state index in [4.69, 9.17) is 0 Å². The summed E-state index contributed by atoms with van der Waals surface area (Å²) in [7, 11) is 0. The fourth-order valence-corrected chi connectivity index (χ4v) is 10.5. The Morgan fingerprint density at radius 2 is 1.65 bits per heavy atom. The van der Waals surface area contributed by atoms with E-state index in [0.717, 1.165) is 44.9 Å². The standard InChI is InChI=1S/C30H46O4/c1-25(2)13-14-26(3)15-16-30(24(33)34)19(20(26)17-25)7-8-22-27(4)11-10-23(32)28(5,18-31)21(27)9-12-29(22,30)6/h7,20-22,31H,8-18H2,1-6H3,(H,33,34)/t20-,21?,22-,26-,27+,28?,29-,30-/m1/s1. The lowest BCUT2D eigenvalue weighted by molar-refractivity contribution is -0.204. The number of aliphatic hydroxyl groups is 1. The molecule has 0 spiro atoms. The molecule has 0 aromatic heterocycles. The van der Waals surface area contributed by atoms with Gasteiger partial charge in [0.2, 0.25) is 0 Å². The molecule has 34 heavy (non-hydrogen) atoms. The normalized spacial score (nSPS) is 51.9. The third-order valence-corrected chi connectivity index (χ3v) is 12.8. The van der Waals surface area contributed by atoms with E-state index < -0.39 is 16.8 Å². The van der Waals surface area contributed by atoms with Gasteiger partial charge in [-0.2, -0.15) is 0 Å². The van der Waals surface area contributed by atoms with Crippen LogP contribution in [0.2, 0.25) is 0 Å². The number of fused-ring (bicyclic) bond motifs is 7. The number of allylic oxidation sites excluding steroid dienone is 1. The molecule has 5 aliphatic rings. The number of aliphatic hydroxyl groups excluding tert-OH is 1. The van der Waals surface area contributed by atoms with Crippen LogP contribution >= 0.6 is 0 Å². The molecule has 2 N–H and O–H groups in total. The molecule has 0 bridgehead atoms. The number of carbonyl (C=O) groups is 2. The Balaban J connectivity index is 1.65. The quantitative estimate of drug-likeness (QED) is 0.457. The van der Waals surface area contributed by atoms with E-state index >= 15 is 0 Å². The fourth-order valence-electron chi connectivity index (χ4n) is 10.5. The number of carboxylic acids is 1. The number of rotatable bonds is 2. The molecule has 0 amide bonds. The van der Waals surface area contributed by atoms with E-state index in [0.29, 0.717) is 12.3 Å². The van der Waals surface area contributed by atoms with Gasteiger partial charge < -0.3 is 10.2 Å². The third-order valence-electron chi connectivity index (χ3n) is 12.8. The summed E-state index contributed by atoms with van der Waals surface area (Å²) in [6.07, 6.45) is 11.5. The van der Waals surface area contributed by atoms with Crippen LogP contribution in [0.4, 0.5) is 0 Å². The van der Waals surface area contributed by atoms with Crippen LogP contribution in [0, 0.1) is 50.2 Å². The van der Waals surface area contributed by atoms with Crippen molar-refractivity contribution in [3.05, 3.63) is 11.6 Å². The maximum absolute atomic E-state index is 13.5. The second-order valence-corrected chi connectivity index (χ2v) is 14.7. The van der Waals surface area contributed by atoms with Crippen LogP contribution < -0.4 is 0 Å². The zero-order valence-electron chi connectivity index (χ0n) is 22.3. The number of aliphatic carboxylic acids is 1. The van der Waals surface area contributed by atoms with E-state index in [1.54, 1.807) is 0 Å². The van der Waals surface area contributed by atoms with Gasteiger partial charge in [0.1, 0.15) is 5.78 Å². The summed E-state index contributed by atoms with van der Waals surface area (Å²) in [6.45, 7) is 13.6. The van der Waals surface area contributed by atoms with Crippen LogP contribution in [-0.2, 0) is 9.59 Å². The minimum atomic E-state index is -0.807. The van der Waals surface area contributed by atoms with Gasteiger partial charge in [-0.15, -0.1) is 0 Å². The maximum Gasteiger partial charge on any atom is 0.314 e. The second-order valence-electron chi connectivity index (χ2n) is 14.7. The van der Waals surface area contributed by atoms with Crippen molar-refractivity contribution in [3.8, 4) is 0 Å². The fraction of sp³-hybridized carbons (Fsp3) is 0.867. The van der Waals surface area contributed by atoms with Crippen LogP contribution in [0.3, 0.4) is 0 Å². The van der Waals surface area contributed by atoms with Crippen LogP contribution in [0.5, 0.6) is 0 Å². The number of hydrogen-bond donors (Lipinski definition) is 2. The van der Waals surface area contributed by atoms with Crippen LogP contribution in [0.15, 0.2) is 11.6 Å². The molecule has 0 radical (unpaired) electrons. The topological polar surface area (TPSA) is 74.6 Å². The summed E-state index contributed by atoms with van der Waals surface area (Å²) in [6, 6.07) is 0. The molecule has 0 heterocycles. The van der Waals surface area contributed by atoms with Gasteiger partial charge in [-0.1, -0.05) is 53.2 Å². The van der Waals surface area contributed by atoms with Crippen LogP contribution in [0.1, 0.15) is 106 Å². The molecule has 0 aliphatic heterocycles. The van der Waals surface area contributed by atoms with Gasteiger partial charge in [-0.25, -0.2) is 0 Å². The zero-order chi connectivity index (χ0) is 24.9. The Bertz CT molecular complexity index is 949. The average Bonchev–Trinajstić information content (AvgIpc) is 2.76. The lowest BCUT2D eigenvalue weighted by Gasteiger charge is -2.70. The molecular formula is C30H46O4. The Hall–Kier alpha value is -1.16. The summed E-state index contributed by atoms with van der Waals surface area (Å²) in [5, 5.41) is 21.4. The minimum absolute atomic E-state index is 0.101. The maximum atomic E-state index is 13.5. The van der Waals surface area contributed by atoms with Gasteiger partial charge in [0.25, 0.3) is 0 Å². The Labute approximate surface area is 206 Å². The SMILES string of the molecule is CC1(C)CC[C@]2(C)CC[C@]3(C(=O)O)C(=CC[C@@H]4[C@@]5(C)CCC(=O)C(C)(CO)C5CC[C@]43C)[C@H]2C1. The molecule has 4 nitrogen and oxygen atoms in total. The zero-order valence-corrected chi connectivity index (χ0v) is 22.3. The smallest absolute Gasteiger partial charge is 0.314 e. The molecule has 5 aliphatic carbocycles. The molecule has 5 rings (SSSR count). The molecule has 2 unspecified atom stereocenters. The van der Waals surface area contributed by atoms with E-state index in [-0.39, 0.29) is 45.9 Å². The van der Waals surface area contributed by atoms with Crippen LogP contribution in [-0.4, -0.2) is 28.6 Å². The third kappa shape index (κ3) is 2.81. The average molecular weight is 471 g/mol. The number of ketones is 1. The Morgan fingerprint density at radius 1 is 0.971 bits per heavy atom. The van der Waals surface area contributed by atoms with E-state index in [1.165, 1.54) is 18.4 Å². The lowest BCUT2D eigenvalue weighted by atomic mass is 9.33. The number of hydrogen-bond acceptors (Lipinski definition) is 3. The first-order chi connectivity index (χ1) is 15.7. The first-order valence-electron chi connectivity index (χ1n) is 13.8. The van der Waals surface area contributed by atoms with Crippen molar-refractivity contribution in [3.63, 3.8) is 0 Å². The van der Waals surface area contributed by atoms with Crippen molar-refractivity contribution in [1.29, 1.82) is 0 Å². The highest BCUT2D eigenvalue weighted by Gasteiger charge is 2.72. The van der Waals surface area contributed by atoms with Crippen molar-refractivity contribution in [2.24, 2.45) is 50.2 Å². The first kappa shape index (κ1) is 24.5. The summed E-state index contributed by atoms with van der Waals surface area (Å²) in [4.78, 5) is 26.4. The molecular weight excluding hydrogens is 424 g/mol. The van der Waals surface area contributed by atoms with Crippen molar-refractivity contribution in [2.45, 2.75) is 106 Å². The summed E-state index contributed by atoms with van der Waals surface area (Å²) in [5.74, 6) is 0.264. The van der Waals surface area contributed by atoms with Crippen molar-refractivity contribution >= 4 is 11.8 Å². The second kappa shape index (κ2) is 7.20. The number of carboxylic acid groups (broad SMARTS) is 1. The highest BCUT2D eigenvalue weighted by Crippen LogP contribution is 2.75. The molecule has 190 valence electrons. The summed E-state index contributed by atoms with van der Waals surface area (Å²) in [5.41, 5.74) is -0.258. The molecule has 8 atom stereocenters. The molecule has 4 heteroatoms. The molecule has 0 aromatic carbocycles. The summed E-state index contributed by atoms with van der Waals surface area (Å²) < 4.78 is 0. The predicted octanol–water partition coefficient (Wildman–Crippen LogP) is 6.41. The van der Waals surface area contributed by atoms with Gasteiger partial charge in [-0.3, -0.25) is 9.59 Å². The predicted molar refractivity (Wildman–Crippen MR) is 133 cm³/mol. The van der Waals surface area contributed by atoms with Gasteiger partial charge >= 0.3 is 5.97 Å². The highest BCUT2D eigenvalue weighted by atomic mass is 16.4. The lowest BCUT2D eigenvalue weighted by Crippen LogP contribution is -2.67. The largest absolute Gasteiger partial charge is 0.481 e. The van der Waals surface area contributed by atoms with E-state index in [2.05, 4.69) is 40.7 Å². The monoisotopic (exact) mass is 470 g/mol. The van der Waals surface area contributed by atoms with Crippen molar-refractivity contribution < 1.29 is 19.8 Å². The van der Waals surface area contributed by atoms with E-state index in [1.807, 2.05) is 6.92 Å². The summed E-state index contributed by atoms with van der Waals surface area (Å²) >= 11 is 0. The van der Waals surface area contributed by atoms with Gasteiger partial charge in [0.15, 0.2) is 0 Å². The van der Waals surface area contributed by atoms with Gasteiger partial charge in [-0.05, 0) is 97.2 Å². The molecule has 4 saturated carbocycles. The van der Waals surface area contributed by atoms with Crippen molar-refractivity contribution in [2.75, 3.05) is 6.61 Å². The Morgan fingerprint density at radius 3 is 2.29 bits per heavy atom. The molecule has 0 aromatic rings. The Kier molecular flexibility index (Phi) is 5.20. The number of Topliss-reactive ketones (excluding diaryl/α,β-unsaturated/α-hetero) is 1. The minimum Gasteiger partial charge on any atom is -0.481 e. The molecule has 0 saturated heterocycles. The first-order valence-corrected chi connectivity index (χ1v) is 13.8. The van der Waals surface area contributed by atoms with Gasteiger partial charge in [0.05, 0.1) is 17.4 Å². The van der Waals surface area contributed by atoms with E-state index in [9.17, 15) is 19.8 Å². The molecule has 4 fully saturated rings.